The molecule has 1 aliphatic carbocycles. The van der Waals surface area contributed by atoms with Crippen molar-refractivity contribution in [2.75, 3.05) is 0 Å². The van der Waals surface area contributed by atoms with Gasteiger partial charge in [-0.2, -0.15) is 0 Å². The molecular formula is C28H22O7. The predicted molar refractivity (Wildman–Crippen MR) is 126 cm³/mol. The minimum Gasteiger partial charge on any atom is -0.508 e. The van der Waals surface area contributed by atoms with Crippen molar-refractivity contribution in [3.63, 3.8) is 0 Å². The maximum absolute atomic E-state index is 11.7. The number of phenols is 5. The molecule has 7 nitrogen and oxygen atoms in total. The fraction of sp³-hybridized carbons (Fsp3) is 0.143. The zero-order valence-electron chi connectivity index (χ0n) is 18.3. The van der Waals surface area contributed by atoms with Crippen molar-refractivity contribution in [3.8, 4) is 34.5 Å². The smallest absolute Gasteiger partial charge is 0.135 e. The van der Waals surface area contributed by atoms with Crippen LogP contribution in [0.3, 0.4) is 0 Å². The van der Waals surface area contributed by atoms with Crippen LogP contribution in [0.1, 0.15) is 57.4 Å². The molecule has 0 saturated carbocycles. The number of ether oxygens (including phenoxy) is 1. The Labute approximate surface area is 200 Å². The molecule has 6 rings (SSSR count). The Morgan fingerprint density at radius 2 is 1.11 bits per heavy atom. The lowest BCUT2D eigenvalue weighted by molar-refractivity contribution is 0.157. The number of hydrogen-bond donors (Lipinski definition) is 6. The van der Waals surface area contributed by atoms with Gasteiger partial charge in [0.1, 0.15) is 40.6 Å². The number of benzene rings is 4. The van der Waals surface area contributed by atoms with E-state index in [4.69, 9.17) is 4.74 Å². The van der Waals surface area contributed by atoms with Crippen molar-refractivity contribution in [1.82, 2.24) is 0 Å². The molecule has 176 valence electrons. The van der Waals surface area contributed by atoms with Gasteiger partial charge >= 0.3 is 0 Å². The number of phenolic OH excluding ortho intramolecular Hbond substituents is 5. The van der Waals surface area contributed by atoms with Crippen LogP contribution in [0.15, 0.2) is 72.8 Å². The normalized spacial score (nSPS) is 22.1. The van der Waals surface area contributed by atoms with Crippen LogP contribution >= 0.6 is 0 Å². The molecule has 4 atom stereocenters. The van der Waals surface area contributed by atoms with Gasteiger partial charge in [-0.05, 0) is 58.7 Å². The minimum absolute atomic E-state index is 0.0622. The monoisotopic (exact) mass is 470 g/mol. The standard InChI is InChI=1S/C28H22O7/c29-15-5-1-13(2-6-15)23-24-19(9-17(31)11-21(24)33)26-25-20(27(23)34)10-18(32)12-22(25)35-28(26)14-3-7-16(30)8-4-14/h1-12,23,26-34H/t23-,26-,27-,28+/m1/s1. The van der Waals surface area contributed by atoms with Crippen LogP contribution < -0.4 is 4.74 Å². The van der Waals surface area contributed by atoms with Crippen molar-refractivity contribution in [1.29, 1.82) is 0 Å². The first-order valence-corrected chi connectivity index (χ1v) is 11.2. The minimum atomic E-state index is -1.18. The summed E-state index contributed by atoms with van der Waals surface area (Å²) in [6, 6.07) is 18.7. The van der Waals surface area contributed by atoms with Gasteiger partial charge in [-0.1, -0.05) is 24.3 Å². The van der Waals surface area contributed by atoms with Gasteiger partial charge in [-0.25, -0.2) is 0 Å². The average Bonchev–Trinajstić information content (AvgIpc) is 3.15. The van der Waals surface area contributed by atoms with E-state index < -0.39 is 24.0 Å². The zero-order valence-corrected chi connectivity index (χ0v) is 18.3. The van der Waals surface area contributed by atoms with Gasteiger partial charge in [-0.15, -0.1) is 0 Å². The molecule has 4 aromatic rings. The maximum Gasteiger partial charge on any atom is 0.135 e. The van der Waals surface area contributed by atoms with Crippen LogP contribution in [-0.4, -0.2) is 30.6 Å². The molecule has 4 aromatic carbocycles. The summed E-state index contributed by atoms with van der Waals surface area (Å²) in [7, 11) is 0. The van der Waals surface area contributed by atoms with Crippen molar-refractivity contribution in [2.45, 2.75) is 24.0 Å². The summed E-state index contributed by atoms with van der Waals surface area (Å²) in [6.45, 7) is 0. The second-order valence-electron chi connectivity index (χ2n) is 9.04. The summed E-state index contributed by atoms with van der Waals surface area (Å²) in [6.07, 6.45) is -1.79. The predicted octanol–water partition coefficient (Wildman–Crippen LogP) is 4.66. The van der Waals surface area contributed by atoms with Crippen molar-refractivity contribution < 1.29 is 35.4 Å². The van der Waals surface area contributed by atoms with Gasteiger partial charge in [0.15, 0.2) is 0 Å². The first-order valence-electron chi connectivity index (χ1n) is 11.2. The third-order valence-electron chi connectivity index (χ3n) is 6.96. The Kier molecular flexibility index (Phi) is 4.59. The van der Waals surface area contributed by atoms with E-state index in [1.54, 1.807) is 42.5 Å². The van der Waals surface area contributed by atoms with E-state index in [9.17, 15) is 30.6 Å². The Morgan fingerprint density at radius 1 is 0.543 bits per heavy atom. The number of hydrogen-bond acceptors (Lipinski definition) is 7. The molecule has 0 radical (unpaired) electrons. The van der Waals surface area contributed by atoms with Crippen LogP contribution in [0.4, 0.5) is 0 Å². The first-order chi connectivity index (χ1) is 16.8. The highest BCUT2D eigenvalue weighted by Crippen LogP contribution is 2.60. The molecule has 1 aliphatic heterocycles. The third kappa shape index (κ3) is 3.24. The summed E-state index contributed by atoms with van der Waals surface area (Å²) in [5, 5.41) is 63.3. The highest BCUT2D eigenvalue weighted by molar-refractivity contribution is 5.65. The van der Waals surface area contributed by atoms with E-state index in [2.05, 4.69) is 0 Å². The first kappa shape index (κ1) is 21.2. The van der Waals surface area contributed by atoms with Crippen LogP contribution in [0.25, 0.3) is 0 Å². The van der Waals surface area contributed by atoms with Crippen LogP contribution in [0, 0.1) is 0 Å². The molecule has 35 heavy (non-hydrogen) atoms. The average molecular weight is 470 g/mol. The molecule has 1 heterocycles. The van der Waals surface area contributed by atoms with Crippen molar-refractivity contribution in [2.24, 2.45) is 0 Å². The number of rotatable bonds is 2. The van der Waals surface area contributed by atoms with Gasteiger partial charge in [0.2, 0.25) is 0 Å². The molecule has 0 unspecified atom stereocenters. The second-order valence-corrected chi connectivity index (χ2v) is 9.04. The molecule has 6 N–H and O–H groups in total. The van der Waals surface area contributed by atoms with Crippen molar-refractivity contribution in [3.05, 3.63) is 106 Å². The molecule has 0 bridgehead atoms. The Hall–Kier alpha value is -4.36. The van der Waals surface area contributed by atoms with E-state index in [1.165, 1.54) is 30.3 Å². The molecule has 7 heteroatoms. The highest BCUT2D eigenvalue weighted by atomic mass is 16.5. The van der Waals surface area contributed by atoms with Crippen LogP contribution in [0.2, 0.25) is 0 Å². The lowest BCUT2D eigenvalue weighted by atomic mass is 9.80. The van der Waals surface area contributed by atoms with E-state index in [-0.39, 0.29) is 28.7 Å². The van der Waals surface area contributed by atoms with E-state index >= 15 is 0 Å². The van der Waals surface area contributed by atoms with Crippen molar-refractivity contribution >= 4 is 0 Å². The van der Waals surface area contributed by atoms with E-state index in [0.717, 1.165) is 5.56 Å². The Bertz CT molecular complexity index is 1440. The second kappa shape index (κ2) is 7.58. The van der Waals surface area contributed by atoms with Gasteiger partial charge in [0.25, 0.3) is 0 Å². The summed E-state index contributed by atoms with van der Waals surface area (Å²) in [4.78, 5) is 0. The maximum atomic E-state index is 11.7. The summed E-state index contributed by atoms with van der Waals surface area (Å²) in [5.41, 5.74) is 3.46. The lowest BCUT2D eigenvalue weighted by Crippen LogP contribution is -2.15. The zero-order chi connectivity index (χ0) is 24.4. The summed E-state index contributed by atoms with van der Waals surface area (Å²) < 4.78 is 6.29. The fourth-order valence-corrected chi connectivity index (χ4v) is 5.52. The topological polar surface area (TPSA) is 131 Å². The molecule has 0 aromatic heterocycles. The number of aliphatic hydroxyl groups excluding tert-OH is 1. The molecule has 0 saturated heterocycles. The molecule has 0 spiro atoms. The Morgan fingerprint density at radius 3 is 1.77 bits per heavy atom. The number of fused-ring (bicyclic) bond motifs is 2. The Balaban J connectivity index is 1.67. The highest BCUT2D eigenvalue weighted by Gasteiger charge is 2.47. The molecule has 0 amide bonds. The molecule has 2 aliphatic rings. The molecular weight excluding hydrogens is 448 g/mol. The van der Waals surface area contributed by atoms with Crippen LogP contribution in [-0.2, 0) is 0 Å². The number of aliphatic hydroxyl groups is 1. The number of aromatic hydroxyl groups is 5. The molecule has 0 fully saturated rings. The SMILES string of the molecule is Oc1ccc([C@@H]2c3c(O)cc(O)cc3[C@@H]3c4c(cc(O)cc4[C@H]2O)O[C@H]3c2ccc(O)cc2)cc1. The summed E-state index contributed by atoms with van der Waals surface area (Å²) in [5.74, 6) is -1.15. The largest absolute Gasteiger partial charge is 0.508 e. The van der Waals surface area contributed by atoms with Gasteiger partial charge in [-0.3, -0.25) is 0 Å². The van der Waals surface area contributed by atoms with E-state index in [0.29, 0.717) is 33.6 Å². The summed E-state index contributed by atoms with van der Waals surface area (Å²) >= 11 is 0. The van der Waals surface area contributed by atoms with Gasteiger partial charge < -0.3 is 35.4 Å². The quantitative estimate of drug-likeness (QED) is 0.251. The van der Waals surface area contributed by atoms with Gasteiger partial charge in [0.05, 0.1) is 12.0 Å². The third-order valence-corrected chi connectivity index (χ3v) is 6.96. The van der Waals surface area contributed by atoms with Gasteiger partial charge in [0, 0.05) is 29.2 Å². The van der Waals surface area contributed by atoms with Crippen LogP contribution in [0.5, 0.6) is 34.5 Å². The fourth-order valence-electron chi connectivity index (χ4n) is 5.52. The van der Waals surface area contributed by atoms with E-state index in [1.807, 2.05) is 0 Å². The lowest BCUT2D eigenvalue weighted by Gasteiger charge is -2.27.